The van der Waals surface area contributed by atoms with Gasteiger partial charge in [-0.3, -0.25) is 0 Å². The summed E-state index contributed by atoms with van der Waals surface area (Å²) in [5, 5.41) is 3.42. The molecule has 7 heteroatoms. The van der Waals surface area contributed by atoms with E-state index in [1.807, 2.05) is 0 Å². The van der Waals surface area contributed by atoms with E-state index in [9.17, 15) is 8.78 Å². The van der Waals surface area contributed by atoms with E-state index in [2.05, 4.69) is 31.8 Å². The minimum Gasteiger partial charge on any atom is -0.367 e. The first-order chi connectivity index (χ1) is 10.7. The lowest BCUT2D eigenvalue weighted by atomic mass is 10.2. The van der Waals surface area contributed by atoms with Gasteiger partial charge in [-0.2, -0.15) is 0 Å². The van der Waals surface area contributed by atoms with E-state index in [0.717, 1.165) is 12.4 Å². The van der Waals surface area contributed by atoms with Crippen molar-refractivity contribution in [1.82, 2.24) is 19.9 Å². The highest BCUT2D eigenvalue weighted by Crippen LogP contribution is 2.26. The highest BCUT2D eigenvalue weighted by atomic mass is 19.1. The van der Waals surface area contributed by atoms with Gasteiger partial charge in [-0.25, -0.2) is 23.7 Å². The SMILES string of the molecule is C=CCCNc1nc(-c2c[nH]c3ncc(F)cc23)ncc1F. The Hall–Kier alpha value is -2.83. The Bertz CT molecular complexity index is 828. The number of aromatic nitrogens is 4. The Morgan fingerprint density at radius 3 is 2.95 bits per heavy atom. The van der Waals surface area contributed by atoms with Gasteiger partial charge in [0.05, 0.1) is 12.4 Å². The van der Waals surface area contributed by atoms with Gasteiger partial charge in [0, 0.05) is 23.7 Å². The second-order valence-corrected chi connectivity index (χ2v) is 4.65. The third-order valence-corrected chi connectivity index (χ3v) is 3.12. The monoisotopic (exact) mass is 301 g/mol. The lowest BCUT2D eigenvalue weighted by Gasteiger charge is -2.06. The number of hydrogen-bond acceptors (Lipinski definition) is 4. The number of nitrogens with one attached hydrogen (secondary N) is 2. The molecule has 2 N–H and O–H groups in total. The molecular weight excluding hydrogens is 288 g/mol. The summed E-state index contributed by atoms with van der Waals surface area (Å²) in [5.74, 6) is -0.608. The summed E-state index contributed by atoms with van der Waals surface area (Å²) in [6, 6.07) is 1.34. The van der Waals surface area contributed by atoms with Gasteiger partial charge in [-0.1, -0.05) is 6.08 Å². The van der Waals surface area contributed by atoms with Crippen LogP contribution in [0.15, 0.2) is 37.3 Å². The van der Waals surface area contributed by atoms with Crippen molar-refractivity contribution in [2.45, 2.75) is 6.42 Å². The molecule has 0 fully saturated rings. The second kappa shape index (κ2) is 5.88. The topological polar surface area (TPSA) is 66.5 Å². The van der Waals surface area contributed by atoms with E-state index in [-0.39, 0.29) is 5.82 Å². The van der Waals surface area contributed by atoms with Gasteiger partial charge >= 0.3 is 0 Å². The molecule has 0 aromatic carbocycles. The smallest absolute Gasteiger partial charge is 0.183 e. The van der Waals surface area contributed by atoms with Gasteiger partial charge in [0.15, 0.2) is 17.5 Å². The largest absolute Gasteiger partial charge is 0.367 e. The third kappa shape index (κ3) is 2.65. The summed E-state index contributed by atoms with van der Waals surface area (Å²) in [6.45, 7) is 4.12. The molecule has 22 heavy (non-hydrogen) atoms. The van der Waals surface area contributed by atoms with E-state index in [1.54, 1.807) is 12.3 Å². The van der Waals surface area contributed by atoms with Crippen molar-refractivity contribution in [3.8, 4) is 11.4 Å². The lowest BCUT2D eigenvalue weighted by Crippen LogP contribution is -2.06. The van der Waals surface area contributed by atoms with Crippen LogP contribution in [0, 0.1) is 11.6 Å². The summed E-state index contributed by atoms with van der Waals surface area (Å²) in [5.41, 5.74) is 1.08. The number of anilines is 1. The maximum absolute atomic E-state index is 13.7. The molecular formula is C15H13F2N5. The molecule has 0 bridgehead atoms. The molecule has 0 aliphatic carbocycles. The van der Waals surface area contributed by atoms with E-state index >= 15 is 0 Å². The third-order valence-electron chi connectivity index (χ3n) is 3.12. The zero-order valence-electron chi connectivity index (χ0n) is 11.6. The second-order valence-electron chi connectivity index (χ2n) is 4.65. The predicted molar refractivity (Wildman–Crippen MR) is 80.3 cm³/mol. The number of hydrogen-bond donors (Lipinski definition) is 2. The fourth-order valence-corrected chi connectivity index (χ4v) is 2.08. The molecule has 0 aliphatic rings. The van der Waals surface area contributed by atoms with Gasteiger partial charge in [0.25, 0.3) is 0 Å². The van der Waals surface area contributed by atoms with Gasteiger partial charge in [0.2, 0.25) is 0 Å². The van der Waals surface area contributed by atoms with Crippen LogP contribution in [0.1, 0.15) is 6.42 Å². The first-order valence-electron chi connectivity index (χ1n) is 6.69. The average Bonchev–Trinajstić information content (AvgIpc) is 2.92. The van der Waals surface area contributed by atoms with Crippen molar-refractivity contribution in [3.63, 3.8) is 0 Å². The molecule has 0 amide bonds. The zero-order chi connectivity index (χ0) is 15.5. The molecule has 0 saturated heterocycles. The molecule has 0 saturated carbocycles. The maximum atomic E-state index is 13.7. The molecule has 3 rings (SSSR count). The normalized spacial score (nSPS) is 10.8. The van der Waals surface area contributed by atoms with Crippen LogP contribution in [-0.2, 0) is 0 Å². The quantitative estimate of drug-likeness (QED) is 0.560. The summed E-state index contributed by atoms with van der Waals surface area (Å²) < 4.78 is 27.1. The summed E-state index contributed by atoms with van der Waals surface area (Å²) in [7, 11) is 0. The van der Waals surface area contributed by atoms with Gasteiger partial charge in [-0.15, -0.1) is 6.58 Å². The Kier molecular flexibility index (Phi) is 3.78. The number of rotatable bonds is 5. The number of H-pyrrole nitrogens is 1. The van der Waals surface area contributed by atoms with Crippen molar-refractivity contribution in [3.05, 3.63) is 48.9 Å². The van der Waals surface area contributed by atoms with E-state index < -0.39 is 11.6 Å². The lowest BCUT2D eigenvalue weighted by molar-refractivity contribution is 0.617. The Morgan fingerprint density at radius 1 is 1.27 bits per heavy atom. The van der Waals surface area contributed by atoms with Crippen molar-refractivity contribution in [1.29, 1.82) is 0 Å². The van der Waals surface area contributed by atoms with Crippen molar-refractivity contribution in [2.24, 2.45) is 0 Å². The van der Waals surface area contributed by atoms with Crippen LogP contribution in [-0.4, -0.2) is 26.5 Å². The van der Waals surface area contributed by atoms with Crippen LogP contribution in [0.4, 0.5) is 14.6 Å². The Balaban J connectivity index is 2.01. The molecule has 0 atom stereocenters. The minimum absolute atomic E-state index is 0.102. The zero-order valence-corrected chi connectivity index (χ0v) is 11.6. The van der Waals surface area contributed by atoms with Crippen molar-refractivity contribution in [2.75, 3.05) is 11.9 Å². The van der Waals surface area contributed by atoms with Gasteiger partial charge in [-0.05, 0) is 12.5 Å². The van der Waals surface area contributed by atoms with Gasteiger partial charge in [0.1, 0.15) is 11.5 Å². The molecule has 0 aliphatic heterocycles. The predicted octanol–water partition coefficient (Wildman–Crippen LogP) is 3.29. The summed E-state index contributed by atoms with van der Waals surface area (Å²) in [4.78, 5) is 15.0. The van der Waals surface area contributed by atoms with E-state index in [0.29, 0.717) is 35.4 Å². The highest BCUT2D eigenvalue weighted by Gasteiger charge is 2.13. The molecule has 3 aromatic heterocycles. The highest BCUT2D eigenvalue weighted by molar-refractivity contribution is 5.91. The Morgan fingerprint density at radius 2 is 2.14 bits per heavy atom. The maximum Gasteiger partial charge on any atom is 0.183 e. The van der Waals surface area contributed by atoms with Gasteiger partial charge < -0.3 is 10.3 Å². The van der Waals surface area contributed by atoms with E-state index in [1.165, 1.54) is 6.07 Å². The van der Waals surface area contributed by atoms with Crippen LogP contribution in [0.3, 0.4) is 0 Å². The van der Waals surface area contributed by atoms with E-state index in [4.69, 9.17) is 0 Å². The Labute approximate surface area is 125 Å². The molecule has 3 aromatic rings. The number of pyridine rings is 1. The summed E-state index contributed by atoms with van der Waals surface area (Å²) in [6.07, 6.45) is 6.24. The average molecular weight is 301 g/mol. The molecule has 112 valence electrons. The standard InChI is InChI=1S/C15H13F2N5/c1-2-3-4-18-15-12(17)8-21-14(22-15)11-7-20-13-10(11)5-9(16)6-19-13/h2,5-8H,1,3-4H2,(H,19,20)(H,18,21,22). The molecule has 0 unspecified atom stereocenters. The minimum atomic E-state index is -0.544. The fourth-order valence-electron chi connectivity index (χ4n) is 2.08. The van der Waals surface area contributed by atoms with Crippen LogP contribution in [0.2, 0.25) is 0 Å². The molecule has 3 heterocycles. The van der Waals surface area contributed by atoms with Crippen LogP contribution >= 0.6 is 0 Å². The number of nitrogens with zero attached hydrogens (tertiary/aromatic N) is 3. The molecule has 5 nitrogen and oxygen atoms in total. The van der Waals surface area contributed by atoms with Crippen molar-refractivity contribution < 1.29 is 8.78 Å². The first-order valence-corrected chi connectivity index (χ1v) is 6.69. The molecule has 0 spiro atoms. The van der Waals surface area contributed by atoms with Crippen LogP contribution < -0.4 is 5.32 Å². The summed E-state index contributed by atoms with van der Waals surface area (Å²) >= 11 is 0. The van der Waals surface area contributed by atoms with Crippen LogP contribution in [0.5, 0.6) is 0 Å². The molecule has 0 radical (unpaired) electrons. The van der Waals surface area contributed by atoms with Crippen LogP contribution in [0.25, 0.3) is 22.4 Å². The number of aromatic amines is 1. The number of fused-ring (bicyclic) bond motifs is 1. The fraction of sp³-hybridized carbons (Fsp3) is 0.133. The van der Waals surface area contributed by atoms with Crippen molar-refractivity contribution >= 4 is 16.9 Å². The number of halogens is 2. The first kappa shape index (κ1) is 14.1.